The van der Waals surface area contributed by atoms with Crippen LogP contribution in [0.5, 0.6) is 0 Å². The smallest absolute Gasteiger partial charge is 0.334 e. The van der Waals surface area contributed by atoms with E-state index in [1.54, 1.807) is 6.92 Å². The number of hydrogen-bond acceptors (Lipinski definition) is 5. The monoisotopic (exact) mass is 357 g/mol. The average Bonchev–Trinajstić information content (AvgIpc) is 2.58. The third-order valence-electron chi connectivity index (χ3n) is 2.15. The molecule has 2 N–H and O–H groups in total. The number of thiophene rings is 1. The first-order valence-electron chi connectivity index (χ1n) is 4.79. The number of aliphatic carboxylic acids is 1. The summed E-state index contributed by atoms with van der Waals surface area (Å²) in [6.07, 6.45) is -1.21. The van der Waals surface area contributed by atoms with Crippen molar-refractivity contribution < 1.29 is 23.1 Å². The van der Waals surface area contributed by atoms with Gasteiger partial charge in [0.05, 0.1) is 8.68 Å². The molecule has 0 bridgehead atoms. The average molecular weight is 358 g/mol. The summed E-state index contributed by atoms with van der Waals surface area (Å²) in [6.45, 7) is 1.36. The molecule has 1 rings (SSSR count). The highest BCUT2D eigenvalue weighted by atomic mass is 79.9. The molecule has 0 radical (unpaired) electrons. The Hall–Kier alpha value is -0.480. The topological polar surface area (TPSA) is 92.7 Å². The number of halogens is 1. The summed E-state index contributed by atoms with van der Waals surface area (Å²) < 4.78 is 31.4. The minimum atomic E-state index is -3.72. The van der Waals surface area contributed by atoms with Crippen molar-refractivity contribution in [2.45, 2.75) is 17.9 Å². The molecule has 1 heterocycles. The van der Waals surface area contributed by atoms with Crippen LogP contribution in [0.2, 0.25) is 0 Å². The van der Waals surface area contributed by atoms with Gasteiger partial charge in [0.2, 0.25) is 10.0 Å². The second-order valence-electron chi connectivity index (χ2n) is 3.39. The molecular weight excluding hydrogens is 346 g/mol. The molecule has 0 saturated heterocycles. The Morgan fingerprint density at radius 3 is 2.67 bits per heavy atom. The van der Waals surface area contributed by atoms with Gasteiger partial charge in [-0.3, -0.25) is 0 Å². The van der Waals surface area contributed by atoms with Crippen LogP contribution < -0.4 is 4.72 Å². The minimum absolute atomic E-state index is 0.139. The van der Waals surface area contributed by atoms with Gasteiger partial charge in [0.25, 0.3) is 0 Å². The number of ether oxygens (including phenoxy) is 1. The summed E-state index contributed by atoms with van der Waals surface area (Å²) in [4.78, 5) is 11.5. The lowest BCUT2D eigenvalue weighted by atomic mass is 10.4. The molecule has 0 saturated carbocycles. The highest BCUT2D eigenvalue weighted by molar-refractivity contribution is 9.11. The fourth-order valence-electron chi connectivity index (χ4n) is 1.23. The molecule has 0 spiro atoms. The zero-order valence-electron chi connectivity index (χ0n) is 9.64. The van der Waals surface area contributed by atoms with E-state index in [0.717, 1.165) is 0 Å². The Kier molecular flexibility index (Phi) is 5.29. The van der Waals surface area contributed by atoms with Crippen LogP contribution in [0.15, 0.2) is 14.7 Å². The number of rotatable bonds is 6. The molecular formula is C9H12BrNO5S2. The van der Waals surface area contributed by atoms with Crippen molar-refractivity contribution in [2.75, 3.05) is 13.7 Å². The van der Waals surface area contributed by atoms with Gasteiger partial charge in [0.15, 0.2) is 6.10 Å². The van der Waals surface area contributed by atoms with Crippen molar-refractivity contribution in [2.24, 2.45) is 0 Å². The molecule has 1 atom stereocenters. The number of carboxylic acid groups (broad SMARTS) is 1. The number of methoxy groups -OCH3 is 1. The van der Waals surface area contributed by atoms with Crippen molar-refractivity contribution in [3.05, 3.63) is 14.7 Å². The molecule has 0 aromatic carbocycles. The van der Waals surface area contributed by atoms with Crippen LogP contribution in [0.3, 0.4) is 0 Å². The van der Waals surface area contributed by atoms with Gasteiger partial charge in [-0.1, -0.05) is 0 Å². The molecule has 18 heavy (non-hydrogen) atoms. The van der Waals surface area contributed by atoms with E-state index in [2.05, 4.69) is 25.4 Å². The molecule has 1 aromatic heterocycles. The second kappa shape index (κ2) is 6.11. The predicted molar refractivity (Wildman–Crippen MR) is 70.4 cm³/mol. The number of hydrogen-bond donors (Lipinski definition) is 2. The molecule has 9 heteroatoms. The van der Waals surface area contributed by atoms with Crippen molar-refractivity contribution >= 4 is 43.3 Å². The third-order valence-corrected chi connectivity index (χ3v) is 5.38. The molecule has 0 fully saturated rings. The Bertz CT molecular complexity index is 539. The molecule has 0 aliphatic rings. The maximum Gasteiger partial charge on any atom is 0.334 e. The van der Waals surface area contributed by atoms with E-state index in [4.69, 9.17) is 5.11 Å². The van der Waals surface area contributed by atoms with Crippen LogP contribution >= 0.6 is 27.3 Å². The van der Waals surface area contributed by atoms with E-state index in [-0.39, 0.29) is 11.4 Å². The van der Waals surface area contributed by atoms with Gasteiger partial charge in [-0.25, -0.2) is 17.9 Å². The van der Waals surface area contributed by atoms with Gasteiger partial charge in [0.1, 0.15) is 0 Å². The number of carbonyl (C=O) groups is 1. The normalized spacial score (nSPS) is 13.5. The lowest BCUT2D eigenvalue weighted by molar-refractivity contribution is -0.147. The lowest BCUT2D eigenvalue weighted by Gasteiger charge is -2.11. The first-order valence-corrected chi connectivity index (χ1v) is 7.88. The maximum absolute atomic E-state index is 11.9. The van der Waals surface area contributed by atoms with E-state index in [1.165, 1.54) is 24.5 Å². The third kappa shape index (κ3) is 3.75. The summed E-state index contributed by atoms with van der Waals surface area (Å²) in [7, 11) is -2.51. The molecule has 0 aliphatic carbocycles. The van der Waals surface area contributed by atoms with Gasteiger partial charge in [-0.15, -0.1) is 11.3 Å². The van der Waals surface area contributed by atoms with Gasteiger partial charge in [-0.2, -0.15) is 0 Å². The van der Waals surface area contributed by atoms with Crippen LogP contribution in [0.1, 0.15) is 4.88 Å². The van der Waals surface area contributed by atoms with E-state index >= 15 is 0 Å². The van der Waals surface area contributed by atoms with Gasteiger partial charge < -0.3 is 9.84 Å². The van der Waals surface area contributed by atoms with E-state index in [9.17, 15) is 13.2 Å². The summed E-state index contributed by atoms with van der Waals surface area (Å²) in [5.41, 5.74) is 0. The van der Waals surface area contributed by atoms with Gasteiger partial charge in [0, 0.05) is 18.5 Å². The SMILES string of the molecule is COC(CNS(=O)(=O)c1cc(Br)sc1C)C(=O)O. The highest BCUT2D eigenvalue weighted by Gasteiger charge is 2.23. The number of sulfonamides is 1. The second-order valence-corrected chi connectivity index (χ2v) is 7.76. The quantitative estimate of drug-likeness (QED) is 0.797. The van der Waals surface area contributed by atoms with Crippen molar-refractivity contribution in [3.63, 3.8) is 0 Å². The van der Waals surface area contributed by atoms with Crippen molar-refractivity contribution in [1.82, 2.24) is 4.72 Å². The largest absolute Gasteiger partial charge is 0.479 e. The standard InChI is InChI=1S/C9H12BrNO5S2/c1-5-7(3-8(10)17-5)18(14,15)11-4-6(16-2)9(12)13/h3,6,11H,4H2,1-2H3,(H,12,13). The molecule has 0 aliphatic heterocycles. The first kappa shape index (κ1) is 15.6. The summed E-state index contributed by atoms with van der Waals surface area (Å²) in [5, 5.41) is 8.73. The van der Waals surface area contributed by atoms with Crippen molar-refractivity contribution in [1.29, 1.82) is 0 Å². The first-order chi connectivity index (χ1) is 8.27. The van der Waals surface area contributed by atoms with Crippen LogP contribution in [-0.2, 0) is 19.6 Å². The van der Waals surface area contributed by atoms with E-state index in [1.807, 2.05) is 0 Å². The van der Waals surface area contributed by atoms with Gasteiger partial charge >= 0.3 is 5.97 Å². The van der Waals surface area contributed by atoms with Gasteiger partial charge in [-0.05, 0) is 28.9 Å². The van der Waals surface area contributed by atoms with Crippen LogP contribution in [0.25, 0.3) is 0 Å². The van der Waals surface area contributed by atoms with Crippen LogP contribution in [0, 0.1) is 6.92 Å². The number of aryl methyl sites for hydroxylation is 1. The Morgan fingerprint density at radius 1 is 1.67 bits per heavy atom. The fourth-order valence-corrected chi connectivity index (χ4v) is 4.68. The summed E-state index contributed by atoms with van der Waals surface area (Å²) >= 11 is 4.49. The summed E-state index contributed by atoms with van der Waals surface area (Å²) in [5.74, 6) is -1.22. The van der Waals surface area contributed by atoms with Crippen molar-refractivity contribution in [3.8, 4) is 0 Å². The molecule has 1 aromatic rings. The number of nitrogens with one attached hydrogen (secondary N) is 1. The van der Waals surface area contributed by atoms with E-state index in [0.29, 0.717) is 8.66 Å². The van der Waals surface area contributed by atoms with Crippen LogP contribution in [-0.4, -0.2) is 39.3 Å². The van der Waals surface area contributed by atoms with Crippen LogP contribution in [0.4, 0.5) is 0 Å². The molecule has 102 valence electrons. The number of carboxylic acids is 1. The molecule has 0 amide bonds. The summed E-state index contributed by atoms with van der Waals surface area (Å²) in [6, 6.07) is 1.48. The highest BCUT2D eigenvalue weighted by Crippen LogP contribution is 2.29. The fraction of sp³-hybridized carbons (Fsp3) is 0.444. The van der Waals surface area contributed by atoms with E-state index < -0.39 is 22.1 Å². The zero-order chi connectivity index (χ0) is 13.9. The Balaban J connectivity index is 2.83. The zero-order valence-corrected chi connectivity index (χ0v) is 12.9. The predicted octanol–water partition coefficient (Wildman–Crippen LogP) is 1.20. The minimum Gasteiger partial charge on any atom is -0.479 e. The lowest BCUT2D eigenvalue weighted by Crippen LogP contribution is -2.37. The Labute approximate surface area is 117 Å². The molecule has 6 nitrogen and oxygen atoms in total. The Morgan fingerprint density at radius 2 is 2.28 bits per heavy atom. The maximum atomic E-state index is 11.9. The molecule has 1 unspecified atom stereocenters.